The predicted octanol–water partition coefficient (Wildman–Crippen LogP) is 10.7. The number of aromatic amines is 1. The number of aryl methyl sites for hydroxylation is 1. The molecule has 0 saturated heterocycles. The van der Waals surface area contributed by atoms with E-state index < -0.39 is 5.41 Å². The van der Waals surface area contributed by atoms with Crippen LogP contribution < -0.4 is 0 Å². The van der Waals surface area contributed by atoms with Gasteiger partial charge < -0.3 is 0 Å². The first-order valence-corrected chi connectivity index (χ1v) is 17.4. The second-order valence-electron chi connectivity index (χ2n) is 13.6. The van der Waals surface area contributed by atoms with Crippen LogP contribution in [0.25, 0.3) is 66.4 Å². The molecule has 51 heavy (non-hydrogen) atoms. The fourth-order valence-corrected chi connectivity index (χ4v) is 8.93. The van der Waals surface area contributed by atoms with Gasteiger partial charge in [0, 0.05) is 39.5 Å². The van der Waals surface area contributed by atoms with Gasteiger partial charge in [-0.25, -0.2) is 4.98 Å². The minimum Gasteiger partial charge on any atom is -0.294 e. The molecule has 1 aliphatic carbocycles. The average Bonchev–Trinajstić information content (AvgIpc) is 3.93. The molecule has 240 valence electrons. The van der Waals surface area contributed by atoms with E-state index in [2.05, 4.69) is 173 Å². The Morgan fingerprint density at radius 2 is 0.980 bits per heavy atom. The molecule has 1 N–H and O–H groups in total. The quantitative estimate of drug-likeness (QED) is 0.206. The molecule has 4 aromatic heterocycles. The van der Waals surface area contributed by atoms with E-state index in [1.165, 1.54) is 54.9 Å². The minimum absolute atomic E-state index is 0.594. The van der Waals surface area contributed by atoms with Crippen LogP contribution >= 0.6 is 0 Å². The molecule has 0 radical (unpaired) electrons. The summed E-state index contributed by atoms with van der Waals surface area (Å²) in [4.78, 5) is 4.84. The van der Waals surface area contributed by atoms with Gasteiger partial charge in [0.05, 0.1) is 27.5 Å². The van der Waals surface area contributed by atoms with Crippen molar-refractivity contribution >= 4 is 43.6 Å². The second-order valence-corrected chi connectivity index (χ2v) is 13.6. The highest BCUT2D eigenvalue weighted by Gasteiger charge is 2.46. The van der Waals surface area contributed by atoms with Gasteiger partial charge in [0.2, 0.25) is 0 Å². The van der Waals surface area contributed by atoms with E-state index in [1.807, 2.05) is 12.3 Å². The number of para-hydroxylation sites is 2. The summed E-state index contributed by atoms with van der Waals surface area (Å²) in [5.41, 5.74) is 12.5. The Labute approximate surface area is 294 Å². The van der Waals surface area contributed by atoms with Crippen molar-refractivity contribution in [2.24, 2.45) is 0 Å². The van der Waals surface area contributed by atoms with Gasteiger partial charge in [-0.05, 0) is 76.7 Å². The van der Waals surface area contributed by atoms with Crippen LogP contribution in [0.2, 0.25) is 0 Å². The van der Waals surface area contributed by atoms with Crippen molar-refractivity contribution in [1.29, 1.82) is 0 Å². The number of H-pyrrole nitrogens is 1. The Kier molecular flexibility index (Phi) is 5.74. The number of pyridine rings is 1. The zero-order valence-corrected chi connectivity index (χ0v) is 27.9. The van der Waals surface area contributed by atoms with E-state index in [0.29, 0.717) is 0 Å². The molecule has 0 spiro atoms. The van der Waals surface area contributed by atoms with E-state index in [1.54, 1.807) is 0 Å². The molecular formula is C46H31N5. The Hall–Kier alpha value is -6.72. The van der Waals surface area contributed by atoms with Gasteiger partial charge in [-0.3, -0.25) is 14.2 Å². The van der Waals surface area contributed by atoms with Crippen LogP contribution in [-0.4, -0.2) is 24.3 Å². The molecule has 4 heterocycles. The fourth-order valence-electron chi connectivity index (χ4n) is 8.93. The van der Waals surface area contributed by atoms with Crippen molar-refractivity contribution < 1.29 is 0 Å². The van der Waals surface area contributed by atoms with Crippen LogP contribution in [0.3, 0.4) is 0 Å². The lowest BCUT2D eigenvalue weighted by Crippen LogP contribution is -2.28. The summed E-state index contributed by atoms with van der Waals surface area (Å²) >= 11 is 0. The Bertz CT molecular complexity index is 2950. The number of hydrogen-bond acceptors (Lipinski definition) is 2. The first kappa shape index (κ1) is 28.2. The van der Waals surface area contributed by atoms with Gasteiger partial charge >= 0.3 is 0 Å². The molecule has 5 nitrogen and oxygen atoms in total. The van der Waals surface area contributed by atoms with Crippen molar-refractivity contribution in [3.8, 4) is 22.8 Å². The predicted molar refractivity (Wildman–Crippen MR) is 207 cm³/mol. The molecule has 0 atom stereocenters. The van der Waals surface area contributed by atoms with Crippen LogP contribution in [0.4, 0.5) is 0 Å². The van der Waals surface area contributed by atoms with Crippen LogP contribution in [-0.2, 0) is 5.41 Å². The van der Waals surface area contributed by atoms with Crippen molar-refractivity contribution in [2.75, 3.05) is 0 Å². The first-order chi connectivity index (χ1) is 25.2. The topological polar surface area (TPSA) is 51.4 Å². The molecule has 1 aliphatic rings. The van der Waals surface area contributed by atoms with E-state index in [0.717, 1.165) is 39.4 Å². The van der Waals surface area contributed by atoms with Gasteiger partial charge in [0.15, 0.2) is 5.82 Å². The summed E-state index contributed by atoms with van der Waals surface area (Å²) < 4.78 is 4.62. The molecule has 0 saturated carbocycles. The van der Waals surface area contributed by atoms with Crippen LogP contribution in [0, 0.1) is 6.92 Å². The summed E-state index contributed by atoms with van der Waals surface area (Å²) in [5.74, 6) is 1.79. The third-order valence-electron chi connectivity index (χ3n) is 11.0. The number of hydrogen-bond donors (Lipinski definition) is 1. The average molecular weight is 654 g/mol. The van der Waals surface area contributed by atoms with Crippen LogP contribution in [0.5, 0.6) is 0 Å². The zero-order valence-electron chi connectivity index (χ0n) is 27.9. The Morgan fingerprint density at radius 3 is 1.53 bits per heavy atom. The minimum atomic E-state index is -0.594. The molecule has 10 aromatic rings. The molecule has 0 unspecified atom stereocenters. The van der Waals surface area contributed by atoms with Crippen molar-refractivity contribution in [1.82, 2.24) is 24.3 Å². The van der Waals surface area contributed by atoms with Gasteiger partial charge in [-0.1, -0.05) is 115 Å². The lowest BCUT2D eigenvalue weighted by molar-refractivity contribution is 0.770. The third kappa shape index (κ3) is 3.75. The van der Waals surface area contributed by atoms with Crippen molar-refractivity contribution in [3.63, 3.8) is 0 Å². The van der Waals surface area contributed by atoms with Gasteiger partial charge in [-0.2, -0.15) is 5.10 Å². The largest absolute Gasteiger partial charge is 0.294 e. The second kappa shape index (κ2) is 10.4. The van der Waals surface area contributed by atoms with Crippen LogP contribution in [0.15, 0.2) is 164 Å². The number of benzene rings is 6. The standard InChI is InChI=1S/C46H31N5/c1-29-26-45(49-48-29)51-41-19-9-5-15-35(41)37-24-22-31(28-43(37)51)46(38-16-6-2-12-32(38)33-13-3-7-17-39(33)46)30-21-23-36-34-14-4-8-18-40(34)50(42(36)27-30)44-20-10-11-25-47-44/h2-28H,1H3,(H,48,49). The van der Waals surface area contributed by atoms with E-state index in [4.69, 9.17) is 10.1 Å². The summed E-state index contributed by atoms with van der Waals surface area (Å²) in [7, 11) is 0. The number of fused-ring (bicyclic) bond motifs is 9. The summed E-state index contributed by atoms with van der Waals surface area (Å²) in [6, 6.07) is 57.6. The summed E-state index contributed by atoms with van der Waals surface area (Å²) in [6.07, 6.45) is 1.87. The monoisotopic (exact) mass is 653 g/mol. The van der Waals surface area contributed by atoms with E-state index in [9.17, 15) is 0 Å². The number of nitrogens with one attached hydrogen (secondary N) is 1. The van der Waals surface area contributed by atoms with E-state index >= 15 is 0 Å². The smallest absolute Gasteiger partial charge is 0.159 e. The van der Waals surface area contributed by atoms with Gasteiger partial charge in [0.25, 0.3) is 0 Å². The molecule has 0 fully saturated rings. The number of rotatable bonds is 4. The molecule has 0 aliphatic heterocycles. The normalized spacial score (nSPS) is 13.4. The van der Waals surface area contributed by atoms with Crippen LogP contribution in [0.1, 0.15) is 27.9 Å². The molecule has 5 heteroatoms. The molecule has 6 aromatic carbocycles. The highest BCUT2D eigenvalue weighted by atomic mass is 15.2. The van der Waals surface area contributed by atoms with Crippen molar-refractivity contribution in [2.45, 2.75) is 12.3 Å². The van der Waals surface area contributed by atoms with Crippen molar-refractivity contribution in [3.05, 3.63) is 192 Å². The lowest BCUT2D eigenvalue weighted by Gasteiger charge is -2.34. The van der Waals surface area contributed by atoms with E-state index in [-0.39, 0.29) is 0 Å². The molecule has 0 amide bonds. The summed E-state index contributed by atoms with van der Waals surface area (Å²) in [6.45, 7) is 2.05. The highest BCUT2D eigenvalue weighted by Crippen LogP contribution is 2.57. The first-order valence-electron chi connectivity index (χ1n) is 17.4. The maximum Gasteiger partial charge on any atom is 0.159 e. The molecule has 11 rings (SSSR count). The fraction of sp³-hybridized carbons (Fsp3) is 0.0435. The molecular weight excluding hydrogens is 623 g/mol. The summed E-state index contributed by atoms with van der Waals surface area (Å²) in [5, 5.41) is 12.8. The maximum atomic E-state index is 4.84. The SMILES string of the molecule is Cc1cc(-n2c3ccccc3c3ccc(C4(c5ccc6c7ccccc7n(-c7ccccn7)c6c5)c5ccccc5-c5ccccc54)cc32)n[nH]1. The number of aromatic nitrogens is 5. The zero-order chi connectivity index (χ0) is 33.7. The number of nitrogens with zero attached hydrogens (tertiary/aromatic N) is 4. The third-order valence-corrected chi connectivity index (χ3v) is 11.0. The van der Waals surface area contributed by atoms with Gasteiger partial charge in [0.1, 0.15) is 5.82 Å². The Morgan fingerprint density at radius 1 is 0.471 bits per heavy atom. The maximum absolute atomic E-state index is 4.84. The van der Waals surface area contributed by atoms with Gasteiger partial charge in [-0.15, -0.1) is 0 Å². The lowest BCUT2D eigenvalue weighted by atomic mass is 9.67. The highest BCUT2D eigenvalue weighted by molar-refractivity contribution is 6.11. The molecule has 0 bridgehead atoms. The Balaban J connectivity index is 1.29.